The number of oxime groups is 1. The molecule has 4 nitrogen and oxygen atoms in total. The number of nitrogens with zero attached hydrogens (tertiary/aromatic N) is 1. The van der Waals surface area contributed by atoms with Crippen molar-refractivity contribution in [1.29, 1.82) is 0 Å². The van der Waals surface area contributed by atoms with Crippen molar-refractivity contribution in [2.24, 2.45) is 5.16 Å². The summed E-state index contributed by atoms with van der Waals surface area (Å²) in [6, 6.07) is 7.54. The Morgan fingerprint density at radius 1 is 1.47 bits per heavy atom. The maximum Gasteiger partial charge on any atom is 0.328 e. The third-order valence-electron chi connectivity index (χ3n) is 2.02. The average Bonchev–Trinajstić information content (AvgIpc) is 2.26. The Kier molecular flexibility index (Phi) is 2.49. The number of benzene rings is 1. The Morgan fingerprint density at radius 3 is 3.07 bits per heavy atom. The van der Waals surface area contributed by atoms with Gasteiger partial charge in [-0.2, -0.15) is 0 Å². The number of fused-ring (bicyclic) bond motifs is 1. The van der Waals surface area contributed by atoms with E-state index in [1.165, 1.54) is 6.08 Å². The molecule has 0 saturated heterocycles. The van der Waals surface area contributed by atoms with Gasteiger partial charge in [0, 0.05) is 18.1 Å². The summed E-state index contributed by atoms with van der Waals surface area (Å²) in [4.78, 5) is 15.4. The highest BCUT2D eigenvalue weighted by atomic mass is 16.6. The third-order valence-corrected chi connectivity index (χ3v) is 2.02. The van der Waals surface area contributed by atoms with E-state index >= 15 is 0 Å². The molecule has 76 valence electrons. The summed E-state index contributed by atoms with van der Waals surface area (Å²) in [7, 11) is 0. The molecule has 0 spiro atoms. The van der Waals surface area contributed by atoms with Crippen molar-refractivity contribution in [1.82, 2.24) is 0 Å². The third kappa shape index (κ3) is 2.22. The Hall–Kier alpha value is -2.10. The number of carbonyl (C=O) groups is 1. The largest absolute Gasteiger partial charge is 0.478 e. The topological polar surface area (TPSA) is 58.9 Å². The number of hydrogen-bond acceptors (Lipinski definition) is 3. The molecule has 1 heterocycles. The van der Waals surface area contributed by atoms with Gasteiger partial charge in [-0.3, -0.25) is 0 Å². The van der Waals surface area contributed by atoms with Crippen LogP contribution in [0.1, 0.15) is 5.56 Å². The molecule has 1 aromatic carbocycles. The zero-order chi connectivity index (χ0) is 10.7. The molecule has 0 bridgehead atoms. The zero-order valence-corrected chi connectivity index (χ0v) is 7.88. The van der Waals surface area contributed by atoms with Crippen molar-refractivity contribution in [2.45, 2.75) is 6.42 Å². The molecule has 1 N–H and O–H groups in total. The van der Waals surface area contributed by atoms with Crippen molar-refractivity contribution in [3.05, 3.63) is 42.0 Å². The van der Waals surface area contributed by atoms with Gasteiger partial charge in [0.05, 0.1) is 5.71 Å². The molecule has 1 aliphatic heterocycles. The van der Waals surface area contributed by atoms with Crippen LogP contribution in [0.25, 0.3) is 0 Å². The van der Waals surface area contributed by atoms with Crippen molar-refractivity contribution >= 4 is 11.7 Å². The molecule has 0 amide bonds. The number of hydrogen-bond donors (Lipinski definition) is 1. The van der Waals surface area contributed by atoms with Gasteiger partial charge in [0.25, 0.3) is 0 Å². The second kappa shape index (κ2) is 3.96. The van der Waals surface area contributed by atoms with Crippen LogP contribution in [0.5, 0.6) is 5.75 Å². The van der Waals surface area contributed by atoms with E-state index in [2.05, 4.69) is 5.16 Å². The lowest BCUT2D eigenvalue weighted by molar-refractivity contribution is -0.131. The molecule has 1 aliphatic rings. The zero-order valence-electron chi connectivity index (χ0n) is 7.88. The van der Waals surface area contributed by atoms with Crippen LogP contribution in [0.15, 0.2) is 41.6 Å². The predicted molar refractivity (Wildman–Crippen MR) is 55.0 cm³/mol. The summed E-state index contributed by atoms with van der Waals surface area (Å²) in [5, 5.41) is 12.3. The average molecular weight is 203 g/mol. The Labute approximate surface area is 86.5 Å². The van der Waals surface area contributed by atoms with Crippen molar-refractivity contribution in [3.8, 4) is 5.75 Å². The minimum atomic E-state index is -0.989. The number of allylic oxidation sites excluding steroid dienone is 1. The molecule has 0 aromatic heterocycles. The van der Waals surface area contributed by atoms with Crippen molar-refractivity contribution in [3.63, 3.8) is 0 Å². The van der Waals surface area contributed by atoms with E-state index in [4.69, 9.17) is 9.94 Å². The summed E-state index contributed by atoms with van der Waals surface area (Å²) in [5.74, 6) is -0.262. The fourth-order valence-electron chi connectivity index (χ4n) is 1.33. The van der Waals surface area contributed by atoms with E-state index in [0.29, 0.717) is 12.1 Å². The maximum atomic E-state index is 10.3. The van der Waals surface area contributed by atoms with Gasteiger partial charge < -0.3 is 9.94 Å². The normalized spacial score (nSPS) is 14.3. The highest BCUT2D eigenvalue weighted by Crippen LogP contribution is 2.22. The fourth-order valence-corrected chi connectivity index (χ4v) is 1.33. The summed E-state index contributed by atoms with van der Waals surface area (Å²) in [6.45, 7) is 0. The molecule has 0 saturated carbocycles. The van der Waals surface area contributed by atoms with E-state index in [-0.39, 0.29) is 0 Å². The van der Waals surface area contributed by atoms with Crippen LogP contribution in [0.4, 0.5) is 0 Å². The lowest BCUT2D eigenvalue weighted by atomic mass is 10.1. The van der Waals surface area contributed by atoms with Gasteiger partial charge >= 0.3 is 5.97 Å². The van der Waals surface area contributed by atoms with Crippen LogP contribution in [-0.2, 0) is 11.2 Å². The minimum absolute atomic E-state index is 0.597. The number of carboxylic acid groups (broad SMARTS) is 1. The lowest BCUT2D eigenvalue weighted by Gasteiger charge is -2.12. The SMILES string of the molecule is O=C(O)C=CC1=NOc2ccccc2C1. The molecular formula is C11H9NO3. The molecule has 4 heteroatoms. The van der Waals surface area contributed by atoms with Crippen molar-refractivity contribution < 1.29 is 14.7 Å². The Bertz CT molecular complexity index is 449. The van der Waals surface area contributed by atoms with E-state index in [9.17, 15) is 4.79 Å². The van der Waals surface area contributed by atoms with Crippen LogP contribution in [0.2, 0.25) is 0 Å². The van der Waals surface area contributed by atoms with Gasteiger partial charge in [0.2, 0.25) is 0 Å². The van der Waals surface area contributed by atoms with Gasteiger partial charge in [-0.1, -0.05) is 23.4 Å². The first kappa shape index (κ1) is 9.45. The smallest absolute Gasteiger partial charge is 0.328 e. The maximum absolute atomic E-state index is 10.3. The van der Waals surface area contributed by atoms with Crippen LogP contribution < -0.4 is 4.84 Å². The predicted octanol–water partition coefficient (Wildman–Crippen LogP) is 1.62. The number of para-hydroxylation sites is 1. The summed E-state index contributed by atoms with van der Waals surface area (Å²) in [6.07, 6.45) is 3.09. The molecule has 1 aromatic rings. The number of aliphatic carboxylic acids is 1. The standard InChI is InChI=1S/C11H9NO3/c13-11(14)6-5-9-7-8-3-1-2-4-10(8)15-12-9/h1-6H,7H2,(H,13,14). The monoisotopic (exact) mass is 203 g/mol. The molecular weight excluding hydrogens is 194 g/mol. The molecule has 15 heavy (non-hydrogen) atoms. The highest BCUT2D eigenvalue weighted by Gasteiger charge is 2.11. The van der Waals surface area contributed by atoms with Gasteiger partial charge in [0.15, 0.2) is 5.75 Å². The van der Waals surface area contributed by atoms with Gasteiger partial charge in [-0.05, 0) is 12.1 Å². The lowest BCUT2D eigenvalue weighted by Crippen LogP contribution is -2.09. The van der Waals surface area contributed by atoms with Crippen LogP contribution in [0.3, 0.4) is 0 Å². The molecule has 0 radical (unpaired) electrons. The highest BCUT2D eigenvalue weighted by molar-refractivity contribution is 6.00. The van der Waals surface area contributed by atoms with E-state index < -0.39 is 5.97 Å². The van der Waals surface area contributed by atoms with Gasteiger partial charge in [-0.15, -0.1) is 0 Å². The molecule has 0 unspecified atom stereocenters. The first-order valence-corrected chi connectivity index (χ1v) is 4.48. The quantitative estimate of drug-likeness (QED) is 0.743. The van der Waals surface area contributed by atoms with E-state index in [1.54, 1.807) is 0 Å². The van der Waals surface area contributed by atoms with E-state index in [0.717, 1.165) is 17.4 Å². The Morgan fingerprint density at radius 2 is 2.27 bits per heavy atom. The molecule has 0 fully saturated rings. The molecule has 0 aliphatic carbocycles. The van der Waals surface area contributed by atoms with Crippen LogP contribution in [0, 0.1) is 0 Å². The second-order valence-corrected chi connectivity index (χ2v) is 3.13. The van der Waals surface area contributed by atoms with Gasteiger partial charge in [0.1, 0.15) is 0 Å². The minimum Gasteiger partial charge on any atom is -0.478 e. The van der Waals surface area contributed by atoms with Crippen molar-refractivity contribution in [2.75, 3.05) is 0 Å². The summed E-state index contributed by atoms with van der Waals surface area (Å²) in [5.41, 5.74) is 1.62. The molecule has 2 rings (SSSR count). The molecule has 0 atom stereocenters. The Balaban J connectivity index is 2.16. The summed E-state index contributed by atoms with van der Waals surface area (Å²) >= 11 is 0. The van der Waals surface area contributed by atoms with Crippen LogP contribution >= 0.6 is 0 Å². The second-order valence-electron chi connectivity index (χ2n) is 3.13. The van der Waals surface area contributed by atoms with Crippen LogP contribution in [-0.4, -0.2) is 16.8 Å². The summed E-state index contributed by atoms with van der Waals surface area (Å²) < 4.78 is 0. The van der Waals surface area contributed by atoms with E-state index in [1.807, 2.05) is 24.3 Å². The van der Waals surface area contributed by atoms with Gasteiger partial charge in [-0.25, -0.2) is 4.79 Å². The first-order valence-electron chi connectivity index (χ1n) is 4.48. The first-order chi connectivity index (χ1) is 7.25. The number of rotatable bonds is 2. The number of carboxylic acids is 1. The fraction of sp³-hybridized carbons (Fsp3) is 0.0909.